The number of benzene rings is 2. The molecule has 6 heteroatoms. The van der Waals surface area contributed by atoms with Crippen molar-refractivity contribution in [2.75, 3.05) is 38.3 Å². The van der Waals surface area contributed by atoms with E-state index in [1.165, 1.54) is 12.8 Å². The third-order valence-corrected chi connectivity index (χ3v) is 5.69. The zero-order chi connectivity index (χ0) is 18.8. The lowest BCUT2D eigenvalue weighted by molar-refractivity contribution is 0.122. The molecule has 2 aliphatic rings. The number of halogens is 2. The van der Waals surface area contributed by atoms with E-state index in [2.05, 4.69) is 16.3 Å². The SMILES string of the molecule is COc1ccc2c(c1F)CCC2NCc1cc(Cl)ccc1N1CCOCC1. The predicted octanol–water partition coefficient (Wildman–Crippen LogP) is 4.10. The van der Waals surface area contributed by atoms with Crippen LogP contribution in [0.5, 0.6) is 5.75 Å². The van der Waals surface area contributed by atoms with Gasteiger partial charge in [0.05, 0.1) is 20.3 Å². The van der Waals surface area contributed by atoms with Crippen LogP contribution in [0.4, 0.5) is 10.1 Å². The Morgan fingerprint density at radius 1 is 1.26 bits per heavy atom. The van der Waals surface area contributed by atoms with Crippen LogP contribution in [0.25, 0.3) is 0 Å². The fourth-order valence-corrected chi connectivity index (χ4v) is 4.25. The molecule has 1 N–H and O–H groups in total. The van der Waals surface area contributed by atoms with Gasteiger partial charge in [-0.1, -0.05) is 17.7 Å². The van der Waals surface area contributed by atoms with Gasteiger partial charge in [0.2, 0.25) is 0 Å². The van der Waals surface area contributed by atoms with Crippen LogP contribution in [0.1, 0.15) is 29.2 Å². The van der Waals surface area contributed by atoms with Crippen molar-refractivity contribution in [3.05, 3.63) is 57.9 Å². The zero-order valence-electron chi connectivity index (χ0n) is 15.4. The van der Waals surface area contributed by atoms with Crippen LogP contribution in [-0.4, -0.2) is 33.4 Å². The van der Waals surface area contributed by atoms with E-state index in [0.717, 1.165) is 60.9 Å². The van der Waals surface area contributed by atoms with Crippen molar-refractivity contribution in [3.63, 3.8) is 0 Å². The van der Waals surface area contributed by atoms with E-state index < -0.39 is 0 Å². The van der Waals surface area contributed by atoms with Gasteiger partial charge in [0.25, 0.3) is 0 Å². The molecule has 0 spiro atoms. The molecule has 1 atom stereocenters. The first-order valence-electron chi connectivity index (χ1n) is 9.37. The number of hydrogen-bond donors (Lipinski definition) is 1. The first-order valence-corrected chi connectivity index (χ1v) is 9.75. The first-order chi connectivity index (χ1) is 13.2. The van der Waals surface area contributed by atoms with Crippen LogP contribution in [0, 0.1) is 5.82 Å². The highest BCUT2D eigenvalue weighted by atomic mass is 35.5. The van der Waals surface area contributed by atoms with Crippen LogP contribution >= 0.6 is 11.6 Å². The summed E-state index contributed by atoms with van der Waals surface area (Å²) < 4.78 is 25.1. The summed E-state index contributed by atoms with van der Waals surface area (Å²) in [4.78, 5) is 2.34. The molecule has 2 aromatic rings. The summed E-state index contributed by atoms with van der Waals surface area (Å²) in [6.07, 6.45) is 1.61. The Morgan fingerprint density at radius 3 is 2.85 bits per heavy atom. The molecule has 144 valence electrons. The molecule has 1 saturated heterocycles. The maximum Gasteiger partial charge on any atom is 0.168 e. The topological polar surface area (TPSA) is 33.7 Å². The Labute approximate surface area is 164 Å². The van der Waals surface area contributed by atoms with Crippen molar-refractivity contribution < 1.29 is 13.9 Å². The minimum atomic E-state index is -0.226. The quantitative estimate of drug-likeness (QED) is 0.833. The average molecular weight is 391 g/mol. The van der Waals surface area contributed by atoms with Gasteiger partial charge in [-0.15, -0.1) is 0 Å². The van der Waals surface area contributed by atoms with Crippen LogP contribution in [-0.2, 0) is 17.7 Å². The second kappa shape index (κ2) is 8.05. The minimum absolute atomic E-state index is 0.136. The predicted molar refractivity (Wildman–Crippen MR) is 105 cm³/mol. The number of nitrogens with zero attached hydrogens (tertiary/aromatic N) is 1. The molecular formula is C21H24ClFN2O2. The molecule has 0 radical (unpaired) electrons. The largest absolute Gasteiger partial charge is 0.494 e. The number of hydrogen-bond acceptors (Lipinski definition) is 4. The standard InChI is InChI=1S/C21H24ClFN2O2/c1-26-20-7-4-16-17(21(20)23)3-5-18(16)24-13-14-12-15(22)2-6-19(14)25-8-10-27-11-9-25/h2,4,6-7,12,18,24H,3,5,8-11,13H2,1H3. The lowest BCUT2D eigenvalue weighted by atomic mass is 10.1. The number of nitrogens with one attached hydrogen (secondary N) is 1. The third kappa shape index (κ3) is 3.77. The highest BCUT2D eigenvalue weighted by Gasteiger charge is 2.27. The number of morpholine rings is 1. The molecule has 2 aromatic carbocycles. The Morgan fingerprint density at radius 2 is 2.07 bits per heavy atom. The van der Waals surface area contributed by atoms with Gasteiger partial charge in [-0.3, -0.25) is 0 Å². The van der Waals surface area contributed by atoms with Gasteiger partial charge >= 0.3 is 0 Å². The first kappa shape index (κ1) is 18.5. The average Bonchev–Trinajstić information content (AvgIpc) is 3.11. The summed E-state index contributed by atoms with van der Waals surface area (Å²) in [6, 6.07) is 9.86. The summed E-state index contributed by atoms with van der Waals surface area (Å²) in [5.41, 5.74) is 4.15. The van der Waals surface area contributed by atoms with Gasteiger partial charge in [-0.25, -0.2) is 4.39 Å². The van der Waals surface area contributed by atoms with Crippen LogP contribution in [0.15, 0.2) is 30.3 Å². The van der Waals surface area contributed by atoms with Gasteiger partial charge in [0.1, 0.15) is 0 Å². The lowest BCUT2D eigenvalue weighted by Gasteiger charge is -2.31. The molecule has 4 rings (SSSR count). The molecule has 1 fully saturated rings. The van der Waals surface area contributed by atoms with E-state index in [-0.39, 0.29) is 11.9 Å². The number of methoxy groups -OCH3 is 1. The molecule has 0 saturated carbocycles. The van der Waals surface area contributed by atoms with Gasteiger partial charge in [0, 0.05) is 36.4 Å². The molecule has 1 heterocycles. The fraction of sp³-hybridized carbons (Fsp3) is 0.429. The Bertz CT molecular complexity index is 824. The second-order valence-corrected chi connectivity index (χ2v) is 7.43. The van der Waals surface area contributed by atoms with E-state index in [4.69, 9.17) is 21.1 Å². The van der Waals surface area contributed by atoms with Crippen molar-refractivity contribution in [3.8, 4) is 5.75 Å². The van der Waals surface area contributed by atoms with Crippen molar-refractivity contribution in [1.82, 2.24) is 5.32 Å². The van der Waals surface area contributed by atoms with E-state index >= 15 is 0 Å². The third-order valence-electron chi connectivity index (χ3n) is 5.45. The van der Waals surface area contributed by atoms with Crippen LogP contribution in [0.3, 0.4) is 0 Å². The van der Waals surface area contributed by atoms with Crippen LogP contribution in [0.2, 0.25) is 5.02 Å². The monoisotopic (exact) mass is 390 g/mol. The van der Waals surface area contributed by atoms with Crippen molar-refractivity contribution >= 4 is 17.3 Å². The molecule has 1 unspecified atom stereocenters. The van der Waals surface area contributed by atoms with Gasteiger partial charge < -0.3 is 19.7 Å². The van der Waals surface area contributed by atoms with E-state index in [0.29, 0.717) is 12.3 Å². The van der Waals surface area contributed by atoms with E-state index in [9.17, 15) is 4.39 Å². The van der Waals surface area contributed by atoms with Gasteiger partial charge in [0.15, 0.2) is 11.6 Å². The summed E-state index contributed by atoms with van der Waals surface area (Å²) in [5.74, 6) is 0.0925. The normalized spacial score (nSPS) is 19.2. The number of ether oxygens (including phenoxy) is 2. The number of rotatable bonds is 5. The van der Waals surface area contributed by atoms with E-state index in [1.807, 2.05) is 18.2 Å². The fourth-order valence-electron chi connectivity index (χ4n) is 4.05. The Hall–Kier alpha value is -1.82. The lowest BCUT2D eigenvalue weighted by Crippen LogP contribution is -2.37. The van der Waals surface area contributed by atoms with Gasteiger partial charge in [-0.2, -0.15) is 0 Å². The molecule has 4 nitrogen and oxygen atoms in total. The van der Waals surface area contributed by atoms with Crippen molar-refractivity contribution in [1.29, 1.82) is 0 Å². The maximum absolute atomic E-state index is 14.5. The van der Waals surface area contributed by atoms with Crippen molar-refractivity contribution in [2.45, 2.75) is 25.4 Å². The summed E-state index contributed by atoms with van der Waals surface area (Å²) in [5, 5.41) is 4.33. The minimum Gasteiger partial charge on any atom is -0.494 e. The molecule has 0 aromatic heterocycles. The highest BCUT2D eigenvalue weighted by molar-refractivity contribution is 6.30. The summed E-state index contributed by atoms with van der Waals surface area (Å²) in [7, 11) is 1.50. The molecule has 1 aliphatic carbocycles. The maximum atomic E-state index is 14.5. The summed E-state index contributed by atoms with van der Waals surface area (Å²) in [6.45, 7) is 3.93. The molecular weight excluding hydrogens is 367 g/mol. The smallest absolute Gasteiger partial charge is 0.168 e. The molecule has 0 amide bonds. The second-order valence-electron chi connectivity index (χ2n) is 6.99. The summed E-state index contributed by atoms with van der Waals surface area (Å²) >= 11 is 6.25. The van der Waals surface area contributed by atoms with Crippen LogP contribution < -0.4 is 15.0 Å². The molecule has 27 heavy (non-hydrogen) atoms. The van der Waals surface area contributed by atoms with E-state index in [1.54, 1.807) is 6.07 Å². The highest BCUT2D eigenvalue weighted by Crippen LogP contribution is 2.37. The zero-order valence-corrected chi connectivity index (χ0v) is 16.2. The molecule has 1 aliphatic heterocycles. The number of anilines is 1. The van der Waals surface area contributed by atoms with Crippen molar-refractivity contribution in [2.24, 2.45) is 0 Å². The van der Waals surface area contributed by atoms with Gasteiger partial charge in [-0.05, 0) is 53.8 Å². The Kier molecular flexibility index (Phi) is 5.53. The molecule has 0 bridgehead atoms. The number of fused-ring (bicyclic) bond motifs is 1. The Balaban J connectivity index is 1.52.